The molecule has 9 nitrogen and oxygen atoms in total. The highest BCUT2D eigenvalue weighted by Gasteiger charge is 2.25. The molecule has 0 saturated carbocycles. The first-order valence-electron chi connectivity index (χ1n) is 7.02. The van der Waals surface area contributed by atoms with Crippen LogP contribution < -0.4 is 5.32 Å². The van der Waals surface area contributed by atoms with Crippen molar-refractivity contribution in [1.29, 1.82) is 0 Å². The molecule has 1 aromatic heterocycles. The van der Waals surface area contributed by atoms with Crippen LogP contribution in [0.1, 0.15) is 21.5 Å². The second-order valence-corrected chi connectivity index (χ2v) is 7.32. The zero-order chi connectivity index (χ0) is 18.9. The number of nitrogens with zero attached hydrogens (tertiary/aromatic N) is 2. The van der Waals surface area contributed by atoms with Crippen molar-refractivity contribution in [2.75, 3.05) is 18.7 Å². The summed E-state index contributed by atoms with van der Waals surface area (Å²) >= 11 is 0. The average molecular weight is 367 g/mol. The van der Waals surface area contributed by atoms with E-state index in [2.05, 4.69) is 15.2 Å². The summed E-state index contributed by atoms with van der Waals surface area (Å²) in [6.45, 7) is 1.49. The Hall–Kier alpha value is -2.88. The molecule has 0 atom stereocenters. The number of aromatic hydroxyl groups is 1. The molecule has 0 unspecified atom stereocenters. The molecule has 2 N–H and O–H groups in total. The van der Waals surface area contributed by atoms with Crippen LogP contribution in [0.4, 0.5) is 10.5 Å². The Morgan fingerprint density at radius 1 is 1.28 bits per heavy atom. The summed E-state index contributed by atoms with van der Waals surface area (Å²) < 4.78 is 29.5. The Kier molecular flexibility index (Phi) is 4.84. The molecule has 0 radical (unpaired) electrons. The van der Waals surface area contributed by atoms with Crippen molar-refractivity contribution in [3.63, 3.8) is 0 Å². The second-order valence-electron chi connectivity index (χ2n) is 5.33. The fourth-order valence-electron chi connectivity index (χ4n) is 2.29. The van der Waals surface area contributed by atoms with Gasteiger partial charge in [-0.15, -0.1) is 0 Å². The van der Waals surface area contributed by atoms with Crippen LogP contribution in [0.25, 0.3) is 0 Å². The van der Waals surface area contributed by atoms with E-state index in [-0.39, 0.29) is 33.2 Å². The monoisotopic (exact) mass is 367 g/mol. The second kappa shape index (κ2) is 6.55. The molecule has 134 valence electrons. The number of aromatic nitrogens is 2. The summed E-state index contributed by atoms with van der Waals surface area (Å²) in [7, 11) is -1.07. The SMILES string of the molecule is COC(=O)Nc1c(S(C)(=O)=O)ccc(C(=O)c2cnn(C)c2O)c1C. The number of ether oxygens (including phenoxy) is 1. The van der Waals surface area contributed by atoms with Gasteiger partial charge >= 0.3 is 6.09 Å². The summed E-state index contributed by atoms with van der Waals surface area (Å²) in [5.41, 5.74) is 0.244. The number of amides is 1. The summed E-state index contributed by atoms with van der Waals surface area (Å²) in [5.74, 6) is -0.880. The number of benzene rings is 1. The maximum atomic E-state index is 12.7. The van der Waals surface area contributed by atoms with Crippen molar-refractivity contribution < 1.29 is 27.9 Å². The van der Waals surface area contributed by atoms with Gasteiger partial charge in [-0.1, -0.05) is 0 Å². The molecule has 0 aliphatic heterocycles. The maximum Gasteiger partial charge on any atom is 0.411 e. The molecule has 0 aliphatic rings. The van der Waals surface area contributed by atoms with Crippen LogP contribution in [0, 0.1) is 6.92 Å². The number of carbonyl (C=O) groups excluding carboxylic acids is 2. The summed E-state index contributed by atoms with van der Waals surface area (Å²) in [4.78, 5) is 24.1. The standard InChI is InChI=1S/C15H17N3O6S/c1-8-9(13(19)10-7-16-18(2)14(10)20)5-6-11(25(4,22)23)12(8)17-15(21)24-3/h5-7,20H,1-4H3,(H,17,21). The van der Waals surface area contributed by atoms with Gasteiger partial charge in [0.1, 0.15) is 5.56 Å². The van der Waals surface area contributed by atoms with Gasteiger partial charge < -0.3 is 9.84 Å². The zero-order valence-corrected chi connectivity index (χ0v) is 14.8. The van der Waals surface area contributed by atoms with E-state index < -0.39 is 21.7 Å². The summed E-state index contributed by atoms with van der Waals surface area (Å²) in [5, 5.41) is 16.0. The molecule has 0 saturated heterocycles. The van der Waals surface area contributed by atoms with Gasteiger partial charge in [0.05, 0.1) is 23.9 Å². The minimum Gasteiger partial charge on any atom is -0.493 e. The Morgan fingerprint density at radius 2 is 1.92 bits per heavy atom. The summed E-state index contributed by atoms with van der Waals surface area (Å²) in [6, 6.07) is 2.54. The van der Waals surface area contributed by atoms with Crippen LogP contribution >= 0.6 is 0 Å². The molecule has 2 rings (SSSR count). The van der Waals surface area contributed by atoms with Crippen molar-refractivity contribution in [1.82, 2.24) is 9.78 Å². The van der Waals surface area contributed by atoms with E-state index in [0.29, 0.717) is 0 Å². The van der Waals surface area contributed by atoms with E-state index in [1.54, 1.807) is 0 Å². The van der Waals surface area contributed by atoms with Gasteiger partial charge in [0, 0.05) is 18.9 Å². The number of aryl methyl sites for hydroxylation is 1. The Labute approximate surface area is 144 Å². The lowest BCUT2D eigenvalue weighted by Gasteiger charge is -2.15. The molecule has 2 aromatic rings. The fourth-order valence-corrected chi connectivity index (χ4v) is 3.18. The third kappa shape index (κ3) is 3.48. The summed E-state index contributed by atoms with van der Waals surface area (Å²) in [6.07, 6.45) is 1.31. The lowest BCUT2D eigenvalue weighted by atomic mass is 9.99. The van der Waals surface area contributed by atoms with Gasteiger partial charge in [0.25, 0.3) is 0 Å². The highest BCUT2D eigenvalue weighted by Crippen LogP contribution is 2.31. The Bertz CT molecular complexity index is 962. The van der Waals surface area contributed by atoms with Gasteiger partial charge in [-0.2, -0.15) is 5.10 Å². The van der Waals surface area contributed by atoms with Crippen molar-refractivity contribution >= 4 is 27.4 Å². The molecule has 0 aliphatic carbocycles. The van der Waals surface area contributed by atoms with Crippen LogP contribution in [0.3, 0.4) is 0 Å². The number of ketones is 1. The molecule has 25 heavy (non-hydrogen) atoms. The van der Waals surface area contributed by atoms with Gasteiger partial charge in [0.2, 0.25) is 5.88 Å². The van der Waals surface area contributed by atoms with Crippen LogP contribution in [-0.4, -0.2) is 48.5 Å². The molecular formula is C15H17N3O6S. The van der Waals surface area contributed by atoms with E-state index >= 15 is 0 Å². The predicted octanol–water partition coefficient (Wildman–Crippen LogP) is 1.25. The number of rotatable bonds is 4. The van der Waals surface area contributed by atoms with Crippen LogP contribution in [0.15, 0.2) is 23.2 Å². The number of anilines is 1. The van der Waals surface area contributed by atoms with E-state index in [9.17, 15) is 23.1 Å². The minimum absolute atomic E-state index is 0.0401. The van der Waals surface area contributed by atoms with Crippen molar-refractivity contribution in [2.24, 2.45) is 7.05 Å². The molecule has 1 heterocycles. The molecule has 0 spiro atoms. The molecule has 10 heteroatoms. The zero-order valence-electron chi connectivity index (χ0n) is 14.0. The number of sulfone groups is 1. The van der Waals surface area contributed by atoms with Crippen molar-refractivity contribution in [2.45, 2.75) is 11.8 Å². The van der Waals surface area contributed by atoms with Crippen LogP contribution in [-0.2, 0) is 21.6 Å². The first kappa shape index (κ1) is 18.5. The lowest BCUT2D eigenvalue weighted by molar-refractivity contribution is 0.103. The molecule has 1 amide bonds. The third-order valence-corrected chi connectivity index (χ3v) is 4.77. The first-order valence-corrected chi connectivity index (χ1v) is 8.91. The van der Waals surface area contributed by atoms with E-state index in [1.807, 2.05) is 0 Å². The normalized spacial score (nSPS) is 11.2. The lowest BCUT2D eigenvalue weighted by Crippen LogP contribution is -2.17. The highest BCUT2D eigenvalue weighted by molar-refractivity contribution is 7.90. The predicted molar refractivity (Wildman–Crippen MR) is 88.6 cm³/mol. The molecule has 0 bridgehead atoms. The topological polar surface area (TPSA) is 128 Å². The molecule has 1 aromatic carbocycles. The van der Waals surface area contributed by atoms with Gasteiger partial charge in [-0.25, -0.2) is 17.9 Å². The Morgan fingerprint density at radius 3 is 2.40 bits per heavy atom. The van der Waals surface area contributed by atoms with Gasteiger partial charge in [0.15, 0.2) is 15.6 Å². The van der Waals surface area contributed by atoms with Crippen LogP contribution in [0.2, 0.25) is 0 Å². The minimum atomic E-state index is -3.67. The molecule has 0 fully saturated rings. The largest absolute Gasteiger partial charge is 0.493 e. The highest BCUT2D eigenvalue weighted by atomic mass is 32.2. The number of carbonyl (C=O) groups is 2. The van der Waals surface area contributed by atoms with E-state index in [0.717, 1.165) is 18.0 Å². The fraction of sp³-hybridized carbons (Fsp3) is 0.267. The van der Waals surface area contributed by atoms with Gasteiger partial charge in [-0.3, -0.25) is 10.1 Å². The smallest absolute Gasteiger partial charge is 0.411 e. The van der Waals surface area contributed by atoms with Crippen molar-refractivity contribution in [3.8, 4) is 5.88 Å². The number of nitrogens with one attached hydrogen (secondary N) is 1. The first-order chi connectivity index (χ1) is 11.6. The Balaban J connectivity index is 2.65. The third-order valence-electron chi connectivity index (χ3n) is 3.64. The molecular weight excluding hydrogens is 350 g/mol. The number of hydrogen-bond acceptors (Lipinski definition) is 7. The van der Waals surface area contributed by atoms with E-state index in [4.69, 9.17) is 0 Å². The average Bonchev–Trinajstić information content (AvgIpc) is 2.86. The van der Waals surface area contributed by atoms with Gasteiger partial charge in [-0.05, 0) is 24.6 Å². The van der Waals surface area contributed by atoms with Crippen molar-refractivity contribution in [3.05, 3.63) is 35.0 Å². The maximum absolute atomic E-state index is 12.7. The number of hydrogen-bond donors (Lipinski definition) is 2. The van der Waals surface area contributed by atoms with E-state index in [1.165, 1.54) is 32.3 Å². The number of methoxy groups -OCH3 is 1. The van der Waals surface area contributed by atoms with Crippen LogP contribution in [0.5, 0.6) is 5.88 Å². The quantitative estimate of drug-likeness (QED) is 0.778.